The number of ether oxygens (including phenoxy) is 1. The lowest BCUT2D eigenvalue weighted by Gasteiger charge is -2.50. The van der Waals surface area contributed by atoms with Gasteiger partial charge in [0.2, 0.25) is 0 Å². The molecule has 0 bridgehead atoms. The first-order chi connectivity index (χ1) is 11.5. The van der Waals surface area contributed by atoms with Crippen molar-refractivity contribution in [3.05, 3.63) is 29.3 Å². The molecule has 0 aliphatic heterocycles. The van der Waals surface area contributed by atoms with Crippen molar-refractivity contribution in [3.8, 4) is 5.75 Å². The standard InChI is InChI=1S/C21H28O3/c1-3-20(23)24-19-9-8-18-17-6-4-13-12-14(22)5-7-15(13)16(17)10-11-21(18,19)2/h5,7,12,16-19,22H,3-4,6,8-11H2,1-2H3/t16-,17-,18+,19+,21+/m0/s1. The van der Waals surface area contributed by atoms with Crippen LogP contribution < -0.4 is 0 Å². The monoisotopic (exact) mass is 328 g/mol. The zero-order valence-corrected chi connectivity index (χ0v) is 14.8. The molecule has 1 aromatic rings. The fraction of sp³-hybridized carbons (Fsp3) is 0.667. The molecule has 3 aliphatic carbocycles. The highest BCUT2D eigenvalue weighted by Gasteiger charge is 2.56. The van der Waals surface area contributed by atoms with Crippen molar-refractivity contribution in [2.45, 2.75) is 70.8 Å². The molecule has 1 N–H and O–H groups in total. The number of aromatic hydroxyl groups is 1. The Morgan fingerprint density at radius 1 is 1.29 bits per heavy atom. The number of phenols is 1. The SMILES string of the molecule is CCC(=O)O[C@@H]1CC[C@@H]2[C@H]3CCc4cc(O)ccc4[C@@H]3CC[C@]21C. The Morgan fingerprint density at radius 3 is 2.92 bits per heavy atom. The molecule has 130 valence electrons. The third-order valence-corrected chi connectivity index (χ3v) is 7.19. The molecular weight excluding hydrogens is 300 g/mol. The van der Waals surface area contributed by atoms with E-state index in [0.29, 0.717) is 29.9 Å². The third kappa shape index (κ3) is 2.35. The van der Waals surface area contributed by atoms with Gasteiger partial charge in [-0.25, -0.2) is 0 Å². The fourth-order valence-corrected chi connectivity index (χ4v) is 5.96. The molecule has 0 radical (unpaired) electrons. The largest absolute Gasteiger partial charge is 0.508 e. The number of hydrogen-bond donors (Lipinski definition) is 1. The van der Waals surface area contributed by atoms with Gasteiger partial charge in [0.1, 0.15) is 11.9 Å². The predicted molar refractivity (Wildman–Crippen MR) is 92.9 cm³/mol. The summed E-state index contributed by atoms with van der Waals surface area (Å²) in [5.41, 5.74) is 2.95. The summed E-state index contributed by atoms with van der Waals surface area (Å²) >= 11 is 0. The van der Waals surface area contributed by atoms with Gasteiger partial charge in [0.05, 0.1) is 0 Å². The number of phenolic OH excluding ortho intramolecular Hbond substituents is 1. The molecule has 3 aliphatic rings. The highest BCUT2D eigenvalue weighted by Crippen LogP contribution is 2.61. The van der Waals surface area contributed by atoms with E-state index in [9.17, 15) is 9.90 Å². The molecule has 2 saturated carbocycles. The minimum Gasteiger partial charge on any atom is -0.508 e. The van der Waals surface area contributed by atoms with Gasteiger partial charge in [0, 0.05) is 11.8 Å². The first-order valence-corrected chi connectivity index (χ1v) is 9.54. The van der Waals surface area contributed by atoms with Crippen molar-refractivity contribution in [3.63, 3.8) is 0 Å². The fourth-order valence-electron chi connectivity index (χ4n) is 5.96. The second-order valence-corrected chi connectivity index (χ2v) is 8.25. The molecule has 3 nitrogen and oxygen atoms in total. The number of rotatable bonds is 2. The van der Waals surface area contributed by atoms with Crippen LogP contribution >= 0.6 is 0 Å². The summed E-state index contributed by atoms with van der Waals surface area (Å²) in [5, 5.41) is 9.77. The zero-order chi connectivity index (χ0) is 16.9. The van der Waals surface area contributed by atoms with Gasteiger partial charge in [-0.2, -0.15) is 0 Å². The van der Waals surface area contributed by atoms with E-state index in [4.69, 9.17) is 4.74 Å². The maximum Gasteiger partial charge on any atom is 0.305 e. The molecule has 0 saturated heterocycles. The van der Waals surface area contributed by atoms with Gasteiger partial charge in [-0.3, -0.25) is 4.79 Å². The van der Waals surface area contributed by atoms with Gasteiger partial charge >= 0.3 is 5.97 Å². The maximum absolute atomic E-state index is 11.8. The van der Waals surface area contributed by atoms with Gasteiger partial charge in [0.25, 0.3) is 0 Å². The number of carbonyl (C=O) groups excluding carboxylic acids is 1. The van der Waals surface area contributed by atoms with Crippen LogP contribution in [-0.4, -0.2) is 17.2 Å². The second kappa shape index (κ2) is 5.79. The molecule has 0 unspecified atom stereocenters. The van der Waals surface area contributed by atoms with Crippen molar-refractivity contribution in [1.29, 1.82) is 0 Å². The van der Waals surface area contributed by atoms with Crippen molar-refractivity contribution in [2.75, 3.05) is 0 Å². The number of hydrogen-bond acceptors (Lipinski definition) is 3. The molecule has 0 amide bonds. The van der Waals surface area contributed by atoms with Crippen LogP contribution in [0.15, 0.2) is 18.2 Å². The van der Waals surface area contributed by atoms with Crippen LogP contribution in [0.3, 0.4) is 0 Å². The highest BCUT2D eigenvalue weighted by molar-refractivity contribution is 5.69. The van der Waals surface area contributed by atoms with E-state index < -0.39 is 0 Å². The summed E-state index contributed by atoms with van der Waals surface area (Å²) in [6.07, 6.45) is 7.38. The maximum atomic E-state index is 11.8. The molecule has 4 rings (SSSR count). The van der Waals surface area contributed by atoms with E-state index >= 15 is 0 Å². The predicted octanol–water partition coefficient (Wildman–Crippen LogP) is 4.57. The molecular formula is C21H28O3. The normalized spacial score (nSPS) is 37.2. The van der Waals surface area contributed by atoms with Crippen LogP contribution in [0.1, 0.15) is 69.4 Å². The molecule has 0 spiro atoms. The minimum atomic E-state index is -0.0477. The van der Waals surface area contributed by atoms with E-state index in [1.165, 1.54) is 30.4 Å². The Kier molecular flexibility index (Phi) is 3.85. The number of esters is 1. The molecule has 0 aromatic heterocycles. The highest BCUT2D eigenvalue weighted by atomic mass is 16.5. The van der Waals surface area contributed by atoms with Gasteiger partial charge < -0.3 is 9.84 Å². The lowest BCUT2D eigenvalue weighted by Crippen LogP contribution is -2.45. The minimum absolute atomic E-state index is 0.0477. The number of benzene rings is 1. The Bertz CT molecular complexity index is 652. The molecule has 0 heterocycles. The number of carbonyl (C=O) groups is 1. The lowest BCUT2D eigenvalue weighted by atomic mass is 9.55. The third-order valence-electron chi connectivity index (χ3n) is 7.19. The summed E-state index contributed by atoms with van der Waals surface area (Å²) in [4.78, 5) is 11.8. The zero-order valence-electron chi connectivity index (χ0n) is 14.8. The van der Waals surface area contributed by atoms with Crippen molar-refractivity contribution >= 4 is 5.97 Å². The first kappa shape index (κ1) is 16.0. The van der Waals surface area contributed by atoms with Crippen LogP contribution in [-0.2, 0) is 16.0 Å². The number of fused-ring (bicyclic) bond motifs is 5. The van der Waals surface area contributed by atoms with Gasteiger partial charge in [-0.05, 0) is 79.5 Å². The van der Waals surface area contributed by atoms with Crippen LogP contribution in [0.25, 0.3) is 0 Å². The Hall–Kier alpha value is -1.51. The average molecular weight is 328 g/mol. The van der Waals surface area contributed by atoms with Crippen LogP contribution in [0.2, 0.25) is 0 Å². The average Bonchev–Trinajstić information content (AvgIpc) is 2.90. The summed E-state index contributed by atoms with van der Waals surface area (Å²) in [5.74, 6) is 2.32. The summed E-state index contributed by atoms with van der Waals surface area (Å²) in [6, 6.07) is 5.95. The van der Waals surface area contributed by atoms with E-state index in [1.807, 2.05) is 19.1 Å². The van der Waals surface area contributed by atoms with Crippen LogP contribution in [0.5, 0.6) is 5.75 Å². The van der Waals surface area contributed by atoms with Crippen LogP contribution in [0.4, 0.5) is 0 Å². The smallest absolute Gasteiger partial charge is 0.305 e. The van der Waals surface area contributed by atoms with E-state index in [-0.39, 0.29) is 17.5 Å². The molecule has 5 atom stereocenters. The van der Waals surface area contributed by atoms with Crippen molar-refractivity contribution in [2.24, 2.45) is 17.3 Å². The van der Waals surface area contributed by atoms with Gasteiger partial charge in [-0.1, -0.05) is 19.9 Å². The first-order valence-electron chi connectivity index (χ1n) is 9.54. The molecule has 1 aromatic carbocycles. The molecule has 3 heteroatoms. The van der Waals surface area contributed by atoms with E-state index in [0.717, 1.165) is 19.3 Å². The van der Waals surface area contributed by atoms with Crippen molar-refractivity contribution < 1.29 is 14.6 Å². The number of aryl methyl sites for hydroxylation is 1. The Labute approximate surface area is 144 Å². The summed E-state index contributed by atoms with van der Waals surface area (Å²) < 4.78 is 5.83. The van der Waals surface area contributed by atoms with E-state index in [2.05, 4.69) is 13.0 Å². The van der Waals surface area contributed by atoms with E-state index in [1.54, 1.807) is 0 Å². The Morgan fingerprint density at radius 2 is 2.12 bits per heavy atom. The topological polar surface area (TPSA) is 46.5 Å². The summed E-state index contributed by atoms with van der Waals surface area (Å²) in [6.45, 7) is 4.24. The van der Waals surface area contributed by atoms with Crippen molar-refractivity contribution in [1.82, 2.24) is 0 Å². The quantitative estimate of drug-likeness (QED) is 0.809. The lowest BCUT2D eigenvalue weighted by molar-refractivity contribution is -0.157. The second-order valence-electron chi connectivity index (χ2n) is 8.25. The summed E-state index contributed by atoms with van der Waals surface area (Å²) in [7, 11) is 0. The Balaban J connectivity index is 1.60. The molecule has 2 fully saturated rings. The molecule has 24 heavy (non-hydrogen) atoms. The van der Waals surface area contributed by atoms with Crippen LogP contribution in [0, 0.1) is 17.3 Å². The van der Waals surface area contributed by atoms with Gasteiger partial charge in [-0.15, -0.1) is 0 Å². The van der Waals surface area contributed by atoms with Gasteiger partial charge in [0.15, 0.2) is 0 Å².